The van der Waals surface area contributed by atoms with Gasteiger partial charge in [-0.25, -0.2) is 0 Å². The molecule has 0 fully saturated rings. The van der Waals surface area contributed by atoms with E-state index in [1.54, 1.807) is 12.2 Å². The van der Waals surface area contributed by atoms with Gasteiger partial charge in [0.05, 0.1) is 6.04 Å². The van der Waals surface area contributed by atoms with Gasteiger partial charge in [0.2, 0.25) is 0 Å². The number of hydrogen-bond donors (Lipinski definition) is 1. The third-order valence-electron chi connectivity index (χ3n) is 3.40. The van der Waals surface area contributed by atoms with Gasteiger partial charge in [-0.3, -0.25) is 4.79 Å². The Balaban J connectivity index is 0.00000127. The van der Waals surface area contributed by atoms with E-state index < -0.39 is 0 Å². The molecule has 0 radical (unpaired) electrons. The molecule has 0 bridgehead atoms. The first-order chi connectivity index (χ1) is 11.2. The quantitative estimate of drug-likeness (QED) is 0.586. The number of allylic oxidation sites excluding steroid dienone is 2. The van der Waals surface area contributed by atoms with Gasteiger partial charge in [-0.15, -0.1) is 0 Å². The standard InChI is InChI=1S/C19H19NO.C2H6/c1-4-8-15(5-2)19(21)20-14(3)17-12-11-16-9-6-7-10-18(16)13-17;1-2/h4-14H,1-2H2,3H3,(H,20,21);1-2H3/b15-8+;. The molecule has 0 aromatic heterocycles. The molecule has 2 aromatic carbocycles. The molecule has 0 heterocycles. The van der Waals surface area contributed by atoms with E-state index in [2.05, 4.69) is 42.7 Å². The van der Waals surface area contributed by atoms with Crippen LogP contribution in [0.1, 0.15) is 32.4 Å². The molecule has 0 saturated heterocycles. The summed E-state index contributed by atoms with van der Waals surface area (Å²) in [7, 11) is 0. The highest BCUT2D eigenvalue weighted by Crippen LogP contribution is 2.20. The minimum absolute atomic E-state index is 0.0738. The minimum Gasteiger partial charge on any atom is -0.346 e. The summed E-state index contributed by atoms with van der Waals surface area (Å²) in [6.07, 6.45) is 4.76. The van der Waals surface area contributed by atoms with Gasteiger partial charge in [0, 0.05) is 5.57 Å². The SMILES string of the molecule is C=C/C=C(\C=C)C(=O)NC(C)c1ccc2ccccc2c1.CC. The fourth-order valence-corrected chi connectivity index (χ4v) is 2.20. The Bertz CT molecular complexity index is 713. The van der Waals surface area contributed by atoms with Crippen molar-refractivity contribution in [2.24, 2.45) is 0 Å². The van der Waals surface area contributed by atoms with Crippen LogP contribution in [-0.4, -0.2) is 5.91 Å². The minimum atomic E-state index is -0.148. The van der Waals surface area contributed by atoms with Crippen molar-refractivity contribution in [3.8, 4) is 0 Å². The molecule has 2 heteroatoms. The number of carbonyl (C=O) groups excluding carboxylic acids is 1. The lowest BCUT2D eigenvalue weighted by Crippen LogP contribution is -2.27. The predicted molar refractivity (Wildman–Crippen MR) is 100 cm³/mol. The fourth-order valence-electron chi connectivity index (χ4n) is 2.20. The van der Waals surface area contributed by atoms with E-state index in [4.69, 9.17) is 0 Å². The fraction of sp³-hybridized carbons (Fsp3) is 0.190. The number of amides is 1. The highest BCUT2D eigenvalue weighted by atomic mass is 16.1. The van der Waals surface area contributed by atoms with E-state index in [0.29, 0.717) is 5.57 Å². The molecule has 0 aliphatic rings. The summed E-state index contributed by atoms with van der Waals surface area (Å²) >= 11 is 0. The van der Waals surface area contributed by atoms with Gasteiger partial charge in [-0.05, 0) is 29.3 Å². The average Bonchev–Trinajstić information content (AvgIpc) is 2.60. The molecule has 2 nitrogen and oxygen atoms in total. The van der Waals surface area contributed by atoms with Crippen LogP contribution in [0.25, 0.3) is 10.8 Å². The molecule has 1 amide bonds. The van der Waals surface area contributed by atoms with Crippen molar-refractivity contribution in [1.29, 1.82) is 0 Å². The maximum absolute atomic E-state index is 12.1. The molecule has 2 aromatic rings. The zero-order valence-electron chi connectivity index (χ0n) is 14.2. The monoisotopic (exact) mass is 307 g/mol. The summed E-state index contributed by atoms with van der Waals surface area (Å²) in [5, 5.41) is 5.33. The first-order valence-electron chi connectivity index (χ1n) is 7.90. The van der Waals surface area contributed by atoms with Crippen LogP contribution in [0.2, 0.25) is 0 Å². The van der Waals surface area contributed by atoms with Crippen LogP contribution in [0.4, 0.5) is 0 Å². The summed E-state index contributed by atoms with van der Waals surface area (Å²) in [6, 6.07) is 14.3. The summed E-state index contributed by atoms with van der Waals surface area (Å²) < 4.78 is 0. The van der Waals surface area contributed by atoms with Crippen LogP contribution in [0.15, 0.2) is 79.4 Å². The van der Waals surface area contributed by atoms with E-state index in [-0.39, 0.29) is 11.9 Å². The lowest BCUT2D eigenvalue weighted by Gasteiger charge is -2.15. The maximum Gasteiger partial charge on any atom is 0.251 e. The van der Waals surface area contributed by atoms with E-state index >= 15 is 0 Å². The molecule has 23 heavy (non-hydrogen) atoms. The molecule has 0 aliphatic carbocycles. The van der Waals surface area contributed by atoms with E-state index in [9.17, 15) is 4.79 Å². The second-order valence-corrected chi connectivity index (χ2v) is 4.86. The lowest BCUT2D eigenvalue weighted by atomic mass is 10.0. The molecule has 1 atom stereocenters. The van der Waals surface area contributed by atoms with E-state index in [0.717, 1.165) is 5.56 Å². The summed E-state index contributed by atoms with van der Waals surface area (Å²) in [6.45, 7) is 13.2. The second kappa shape index (κ2) is 9.42. The molecular weight excluding hydrogens is 282 g/mol. The van der Waals surface area contributed by atoms with Crippen LogP contribution < -0.4 is 5.32 Å². The first-order valence-corrected chi connectivity index (χ1v) is 7.90. The van der Waals surface area contributed by atoms with Gasteiger partial charge in [0.15, 0.2) is 0 Å². The number of fused-ring (bicyclic) bond motifs is 1. The van der Waals surface area contributed by atoms with Crippen molar-refractivity contribution in [2.75, 3.05) is 0 Å². The van der Waals surface area contributed by atoms with Gasteiger partial charge in [0.1, 0.15) is 0 Å². The van der Waals surface area contributed by atoms with Crippen molar-refractivity contribution in [2.45, 2.75) is 26.8 Å². The second-order valence-electron chi connectivity index (χ2n) is 4.86. The molecule has 0 saturated carbocycles. The number of rotatable bonds is 5. The first kappa shape index (κ1) is 18.4. The Morgan fingerprint density at radius 3 is 2.35 bits per heavy atom. The third-order valence-corrected chi connectivity index (χ3v) is 3.40. The topological polar surface area (TPSA) is 29.1 Å². The Morgan fingerprint density at radius 2 is 1.74 bits per heavy atom. The van der Waals surface area contributed by atoms with Crippen molar-refractivity contribution >= 4 is 16.7 Å². The van der Waals surface area contributed by atoms with Crippen LogP contribution in [0.5, 0.6) is 0 Å². The molecule has 1 unspecified atom stereocenters. The third kappa shape index (κ3) is 4.96. The van der Waals surface area contributed by atoms with Crippen LogP contribution in [0.3, 0.4) is 0 Å². The molecule has 0 aliphatic heterocycles. The van der Waals surface area contributed by atoms with Gasteiger partial charge in [-0.1, -0.05) is 81.6 Å². The van der Waals surface area contributed by atoms with Crippen LogP contribution in [-0.2, 0) is 4.79 Å². The predicted octanol–water partition coefficient (Wildman–Crippen LogP) is 5.34. The largest absolute Gasteiger partial charge is 0.346 e. The van der Waals surface area contributed by atoms with Gasteiger partial charge >= 0.3 is 0 Å². The molecule has 120 valence electrons. The summed E-state index contributed by atoms with van der Waals surface area (Å²) in [5.74, 6) is -0.148. The molecule has 1 N–H and O–H groups in total. The Hall–Kier alpha value is -2.61. The van der Waals surface area contributed by atoms with Gasteiger partial charge in [-0.2, -0.15) is 0 Å². The summed E-state index contributed by atoms with van der Waals surface area (Å²) in [4.78, 5) is 12.1. The normalized spacial score (nSPS) is 11.9. The Morgan fingerprint density at radius 1 is 1.09 bits per heavy atom. The highest BCUT2D eigenvalue weighted by molar-refractivity contribution is 5.96. The van der Waals surface area contributed by atoms with Gasteiger partial charge in [0.25, 0.3) is 5.91 Å². The smallest absolute Gasteiger partial charge is 0.251 e. The number of hydrogen-bond acceptors (Lipinski definition) is 1. The van der Waals surface area contributed by atoms with E-state index in [1.165, 1.54) is 16.8 Å². The molecular formula is C21H25NO. The Labute approximate surface area is 139 Å². The van der Waals surface area contributed by atoms with Crippen molar-refractivity contribution in [3.05, 3.63) is 85.0 Å². The number of benzene rings is 2. The maximum atomic E-state index is 12.1. The molecule has 2 rings (SSSR count). The highest BCUT2D eigenvalue weighted by Gasteiger charge is 2.11. The van der Waals surface area contributed by atoms with Crippen LogP contribution >= 0.6 is 0 Å². The van der Waals surface area contributed by atoms with Gasteiger partial charge < -0.3 is 5.32 Å². The number of carbonyl (C=O) groups is 1. The summed E-state index contributed by atoms with van der Waals surface area (Å²) in [5.41, 5.74) is 1.58. The van der Waals surface area contributed by atoms with Crippen molar-refractivity contribution < 1.29 is 4.79 Å². The average molecular weight is 307 g/mol. The molecule has 0 spiro atoms. The van der Waals surface area contributed by atoms with Crippen molar-refractivity contribution in [3.63, 3.8) is 0 Å². The van der Waals surface area contributed by atoms with E-state index in [1.807, 2.05) is 39.0 Å². The lowest BCUT2D eigenvalue weighted by molar-refractivity contribution is -0.117. The number of nitrogens with one attached hydrogen (secondary N) is 1. The Kier molecular flexibility index (Phi) is 7.55. The van der Waals surface area contributed by atoms with Crippen LogP contribution in [0, 0.1) is 0 Å². The zero-order valence-corrected chi connectivity index (χ0v) is 14.2. The zero-order chi connectivity index (χ0) is 17.2. The van der Waals surface area contributed by atoms with Crippen molar-refractivity contribution in [1.82, 2.24) is 5.32 Å².